The molecule has 0 saturated carbocycles. The second kappa shape index (κ2) is 7.91. The quantitative estimate of drug-likeness (QED) is 0.666. The highest BCUT2D eigenvalue weighted by Gasteiger charge is 2.17. The van der Waals surface area contributed by atoms with Crippen LogP contribution in [0.25, 0.3) is 10.2 Å². The molecule has 0 atom stereocenters. The van der Waals surface area contributed by atoms with Gasteiger partial charge in [-0.3, -0.25) is 4.79 Å². The van der Waals surface area contributed by atoms with Crippen molar-refractivity contribution in [2.45, 2.75) is 11.4 Å². The molecule has 0 spiro atoms. The van der Waals surface area contributed by atoms with E-state index in [1.54, 1.807) is 19.2 Å². The Labute approximate surface area is 174 Å². The molecule has 4 rings (SSSR count). The number of likely N-dealkylation sites (N-methyl/N-ethyl adjacent to an activating group) is 1. The van der Waals surface area contributed by atoms with Gasteiger partial charge in [-0.15, -0.1) is 0 Å². The van der Waals surface area contributed by atoms with Gasteiger partial charge in [0.2, 0.25) is 10.0 Å². The van der Waals surface area contributed by atoms with E-state index >= 15 is 0 Å². The smallest absolute Gasteiger partial charge is 0.307 e. The maximum absolute atomic E-state index is 12.7. The number of sulfonamides is 1. The van der Waals surface area contributed by atoms with Gasteiger partial charge in [-0.25, -0.2) is 13.1 Å². The van der Waals surface area contributed by atoms with Crippen LogP contribution in [0.15, 0.2) is 52.2 Å². The van der Waals surface area contributed by atoms with E-state index in [0.29, 0.717) is 4.70 Å². The molecule has 0 radical (unpaired) electrons. The second-order valence-electron chi connectivity index (χ2n) is 7.34. The van der Waals surface area contributed by atoms with Gasteiger partial charge in [-0.2, -0.15) is 0 Å². The summed E-state index contributed by atoms with van der Waals surface area (Å²) >= 11 is 1.05. The number of benzene rings is 2. The number of thiazole rings is 1. The van der Waals surface area contributed by atoms with Crippen molar-refractivity contribution < 1.29 is 8.42 Å². The van der Waals surface area contributed by atoms with E-state index < -0.39 is 10.0 Å². The monoisotopic (exact) mass is 432 g/mol. The zero-order valence-electron chi connectivity index (χ0n) is 16.5. The summed E-state index contributed by atoms with van der Waals surface area (Å²) in [4.78, 5) is 16.5. The minimum absolute atomic E-state index is 0.108. The molecule has 9 heteroatoms. The fraction of sp³-hybridized carbons (Fsp3) is 0.350. The predicted molar refractivity (Wildman–Crippen MR) is 117 cm³/mol. The van der Waals surface area contributed by atoms with Crippen molar-refractivity contribution in [2.24, 2.45) is 7.05 Å². The largest absolute Gasteiger partial charge is 0.369 e. The lowest BCUT2D eigenvalue weighted by atomic mass is 10.2. The topological polar surface area (TPSA) is 74.7 Å². The molecule has 1 aliphatic rings. The molecule has 0 amide bonds. The third kappa shape index (κ3) is 4.23. The van der Waals surface area contributed by atoms with Gasteiger partial charge >= 0.3 is 4.87 Å². The molecule has 1 aromatic heterocycles. The molecule has 7 nitrogen and oxygen atoms in total. The summed E-state index contributed by atoms with van der Waals surface area (Å²) in [7, 11) is 0.146. The predicted octanol–water partition coefficient (Wildman–Crippen LogP) is 1.83. The molecule has 29 heavy (non-hydrogen) atoms. The molecule has 2 aromatic carbocycles. The van der Waals surface area contributed by atoms with Gasteiger partial charge in [0.05, 0.1) is 15.1 Å². The van der Waals surface area contributed by atoms with Crippen molar-refractivity contribution in [3.63, 3.8) is 0 Å². The number of hydrogen-bond acceptors (Lipinski definition) is 6. The van der Waals surface area contributed by atoms with E-state index in [-0.39, 0.29) is 16.3 Å². The fourth-order valence-electron chi connectivity index (χ4n) is 3.43. The van der Waals surface area contributed by atoms with Crippen LogP contribution in [0.4, 0.5) is 5.69 Å². The third-order valence-electron chi connectivity index (χ3n) is 5.35. The number of nitrogens with zero attached hydrogens (tertiary/aromatic N) is 3. The van der Waals surface area contributed by atoms with Gasteiger partial charge < -0.3 is 14.4 Å². The molecular weight excluding hydrogens is 408 g/mol. The highest BCUT2D eigenvalue weighted by Crippen LogP contribution is 2.22. The summed E-state index contributed by atoms with van der Waals surface area (Å²) in [6.07, 6.45) is 0. The Balaban J connectivity index is 1.44. The van der Waals surface area contributed by atoms with Crippen molar-refractivity contribution in [3.8, 4) is 0 Å². The van der Waals surface area contributed by atoms with Crippen LogP contribution in [0.5, 0.6) is 0 Å². The van der Waals surface area contributed by atoms with E-state index in [9.17, 15) is 13.2 Å². The zero-order chi connectivity index (χ0) is 20.6. The summed E-state index contributed by atoms with van der Waals surface area (Å²) < 4.78 is 30.2. The molecule has 1 saturated heterocycles. The highest BCUT2D eigenvalue weighted by molar-refractivity contribution is 7.89. The molecule has 1 fully saturated rings. The molecular formula is C20H24N4O3S2. The van der Waals surface area contributed by atoms with Crippen molar-refractivity contribution in [3.05, 3.63) is 57.7 Å². The van der Waals surface area contributed by atoms with Gasteiger partial charge in [-0.1, -0.05) is 23.5 Å². The normalized spacial score (nSPS) is 15.9. The average Bonchev–Trinajstić information content (AvgIpc) is 3.01. The van der Waals surface area contributed by atoms with Crippen molar-refractivity contribution in [1.29, 1.82) is 0 Å². The zero-order valence-corrected chi connectivity index (χ0v) is 18.1. The van der Waals surface area contributed by atoms with Crippen LogP contribution in [0.2, 0.25) is 0 Å². The Morgan fingerprint density at radius 2 is 1.69 bits per heavy atom. The molecule has 154 valence electrons. The van der Waals surface area contributed by atoms with Gasteiger partial charge in [0.15, 0.2) is 0 Å². The molecule has 0 bridgehead atoms. The fourth-order valence-corrected chi connectivity index (χ4v) is 5.47. The Kier molecular flexibility index (Phi) is 5.48. The van der Waals surface area contributed by atoms with Crippen LogP contribution in [-0.2, 0) is 23.6 Å². The van der Waals surface area contributed by atoms with Crippen LogP contribution in [0.3, 0.4) is 0 Å². The van der Waals surface area contributed by atoms with Crippen LogP contribution >= 0.6 is 11.3 Å². The van der Waals surface area contributed by atoms with E-state index in [0.717, 1.165) is 54.3 Å². The molecule has 0 unspecified atom stereocenters. The molecule has 3 aromatic rings. The number of piperazine rings is 1. The van der Waals surface area contributed by atoms with Gasteiger partial charge in [0.1, 0.15) is 0 Å². The number of hydrogen-bond donors (Lipinski definition) is 1. The summed E-state index contributed by atoms with van der Waals surface area (Å²) in [6.45, 7) is 4.30. The molecule has 1 aliphatic heterocycles. The standard InChI is InChI=1S/C20H24N4O3S2/c1-22-9-11-24(12-10-22)16-5-3-15(4-6-16)14-21-29(26,27)17-7-8-18-19(13-17)28-20(25)23(18)2/h3-8,13,21H,9-12,14H2,1-2H3. The third-order valence-corrected chi connectivity index (χ3v) is 7.74. The Bertz CT molecular complexity index is 1170. The van der Waals surface area contributed by atoms with E-state index in [4.69, 9.17) is 0 Å². The lowest BCUT2D eigenvalue weighted by molar-refractivity contribution is 0.313. The highest BCUT2D eigenvalue weighted by atomic mass is 32.2. The van der Waals surface area contributed by atoms with Crippen molar-refractivity contribution in [1.82, 2.24) is 14.2 Å². The maximum Gasteiger partial charge on any atom is 0.307 e. The first kappa shape index (κ1) is 20.1. The molecule has 0 aliphatic carbocycles. The number of rotatable bonds is 5. The number of aromatic nitrogens is 1. The lowest BCUT2D eigenvalue weighted by Crippen LogP contribution is -2.44. The van der Waals surface area contributed by atoms with Crippen LogP contribution in [-0.4, -0.2) is 51.1 Å². The lowest BCUT2D eigenvalue weighted by Gasteiger charge is -2.34. The summed E-state index contributed by atoms with van der Waals surface area (Å²) in [6, 6.07) is 12.8. The second-order valence-corrected chi connectivity index (χ2v) is 10.1. The SMILES string of the molecule is CN1CCN(c2ccc(CNS(=O)(=O)c3ccc4c(c3)sc(=O)n4C)cc2)CC1. The van der Waals surface area contributed by atoms with E-state index in [1.807, 2.05) is 24.3 Å². The van der Waals surface area contributed by atoms with Crippen molar-refractivity contribution >= 4 is 37.3 Å². The first-order valence-electron chi connectivity index (χ1n) is 9.45. The maximum atomic E-state index is 12.7. The molecule has 2 heterocycles. The van der Waals surface area contributed by atoms with E-state index in [1.165, 1.54) is 10.6 Å². The summed E-state index contributed by atoms with van der Waals surface area (Å²) in [5.41, 5.74) is 2.80. The Morgan fingerprint density at radius 3 is 2.38 bits per heavy atom. The summed E-state index contributed by atoms with van der Waals surface area (Å²) in [5, 5.41) is 0. The van der Waals surface area contributed by atoms with Crippen molar-refractivity contribution in [2.75, 3.05) is 38.1 Å². The number of anilines is 1. The van der Waals surface area contributed by atoms with Gasteiger partial charge in [0, 0.05) is 45.5 Å². The number of fused-ring (bicyclic) bond motifs is 1. The van der Waals surface area contributed by atoms with E-state index in [2.05, 4.69) is 21.6 Å². The summed E-state index contributed by atoms with van der Waals surface area (Å²) in [5.74, 6) is 0. The van der Waals surface area contributed by atoms with Gasteiger partial charge in [0.25, 0.3) is 0 Å². The minimum atomic E-state index is -3.66. The first-order valence-corrected chi connectivity index (χ1v) is 11.8. The Hall–Kier alpha value is -2.20. The number of nitrogens with one attached hydrogen (secondary N) is 1. The van der Waals surface area contributed by atoms with Crippen LogP contribution in [0.1, 0.15) is 5.56 Å². The minimum Gasteiger partial charge on any atom is -0.369 e. The molecule has 1 N–H and O–H groups in total. The van der Waals surface area contributed by atoms with Crippen LogP contribution < -0.4 is 14.5 Å². The van der Waals surface area contributed by atoms with Crippen LogP contribution in [0, 0.1) is 0 Å². The average molecular weight is 433 g/mol. The Morgan fingerprint density at radius 1 is 1.00 bits per heavy atom. The van der Waals surface area contributed by atoms with Gasteiger partial charge in [-0.05, 0) is 42.9 Å². The first-order chi connectivity index (χ1) is 13.8. The number of aryl methyl sites for hydroxylation is 1.